The minimum atomic E-state index is 0.0632. The van der Waals surface area contributed by atoms with E-state index in [4.69, 9.17) is 28.1 Å². The van der Waals surface area contributed by atoms with E-state index in [9.17, 15) is 4.79 Å². The van der Waals surface area contributed by atoms with Gasteiger partial charge in [0.25, 0.3) is 0 Å². The molecule has 0 aromatic carbocycles. The van der Waals surface area contributed by atoms with E-state index >= 15 is 0 Å². The number of rotatable bonds is 2. The van der Waals surface area contributed by atoms with Crippen molar-refractivity contribution in [2.24, 2.45) is 0 Å². The van der Waals surface area contributed by atoms with E-state index in [2.05, 4.69) is 15.0 Å². The normalized spacial score (nSPS) is 16.0. The third-order valence-electron chi connectivity index (χ3n) is 2.85. The molecule has 1 aliphatic heterocycles. The van der Waals surface area contributed by atoms with Gasteiger partial charge in [-0.25, -0.2) is 9.07 Å². The highest BCUT2D eigenvalue weighted by Gasteiger charge is 2.21. The highest BCUT2D eigenvalue weighted by molar-refractivity contribution is 6.29. The fraction of sp³-hybridized carbons (Fsp3) is 0.400. The van der Waals surface area contributed by atoms with E-state index in [0.29, 0.717) is 49.6 Å². The van der Waals surface area contributed by atoms with Crippen LogP contribution in [0.1, 0.15) is 10.6 Å². The largest absolute Gasteiger partial charge is 0.378 e. The van der Waals surface area contributed by atoms with Crippen LogP contribution in [-0.2, 0) is 4.74 Å². The molecule has 9 heteroatoms. The number of hydrogen-bond acceptors (Lipinski definition) is 6. The summed E-state index contributed by atoms with van der Waals surface area (Å²) >= 11 is 11.9. The van der Waals surface area contributed by atoms with Crippen LogP contribution in [0.4, 0.5) is 5.82 Å². The van der Waals surface area contributed by atoms with Crippen LogP contribution in [0.5, 0.6) is 0 Å². The lowest BCUT2D eigenvalue weighted by molar-refractivity contribution is 0.111. The van der Waals surface area contributed by atoms with Crippen molar-refractivity contribution < 1.29 is 9.53 Å². The predicted molar refractivity (Wildman–Crippen MR) is 70.0 cm³/mol. The maximum atomic E-state index is 10.9. The fourth-order valence-corrected chi connectivity index (χ4v) is 2.33. The van der Waals surface area contributed by atoms with Gasteiger partial charge in [-0.3, -0.25) is 4.79 Å². The highest BCUT2D eigenvalue weighted by Crippen LogP contribution is 2.26. The number of anilines is 1. The van der Waals surface area contributed by atoms with E-state index in [-0.39, 0.29) is 11.1 Å². The number of carbonyl (C=O) groups is 1. The number of fused-ring (bicyclic) bond motifs is 1. The summed E-state index contributed by atoms with van der Waals surface area (Å²) in [5, 5.41) is 0.0632. The Hall–Kier alpha value is -1.44. The summed E-state index contributed by atoms with van der Waals surface area (Å²) in [6, 6.07) is 0. The molecule has 0 aliphatic carbocycles. The summed E-state index contributed by atoms with van der Waals surface area (Å²) in [6.07, 6.45) is 0.561. The van der Waals surface area contributed by atoms with Gasteiger partial charge in [-0.05, 0) is 11.6 Å². The number of nitrogens with zero attached hydrogens (tertiary/aromatic N) is 5. The van der Waals surface area contributed by atoms with Crippen molar-refractivity contribution >= 4 is 46.6 Å². The summed E-state index contributed by atoms with van der Waals surface area (Å²) in [5.74, 6) is 0.642. The second kappa shape index (κ2) is 4.92. The van der Waals surface area contributed by atoms with Crippen LogP contribution < -0.4 is 4.90 Å². The first-order valence-corrected chi connectivity index (χ1v) is 6.32. The van der Waals surface area contributed by atoms with Crippen molar-refractivity contribution in [1.29, 1.82) is 0 Å². The number of halogens is 2. The summed E-state index contributed by atoms with van der Waals surface area (Å²) in [5.41, 5.74) is 0.786. The summed E-state index contributed by atoms with van der Waals surface area (Å²) in [4.78, 5) is 25.2. The molecule has 7 nitrogen and oxygen atoms in total. The summed E-state index contributed by atoms with van der Waals surface area (Å²) in [7, 11) is 0. The molecule has 0 unspecified atom stereocenters. The van der Waals surface area contributed by atoms with Crippen molar-refractivity contribution in [2.75, 3.05) is 31.2 Å². The van der Waals surface area contributed by atoms with Crippen LogP contribution in [0.3, 0.4) is 0 Å². The van der Waals surface area contributed by atoms with Crippen molar-refractivity contribution in [3.63, 3.8) is 0 Å². The molecule has 0 atom stereocenters. The maximum absolute atomic E-state index is 10.9. The van der Waals surface area contributed by atoms with Gasteiger partial charge >= 0.3 is 0 Å². The van der Waals surface area contributed by atoms with E-state index < -0.39 is 0 Å². The van der Waals surface area contributed by atoms with Crippen LogP contribution in [0, 0.1) is 0 Å². The number of hydrogen-bond donors (Lipinski definition) is 0. The number of imidazole rings is 1. The van der Waals surface area contributed by atoms with Crippen molar-refractivity contribution in [3.05, 3.63) is 11.1 Å². The minimum Gasteiger partial charge on any atom is -0.378 e. The van der Waals surface area contributed by atoms with Crippen molar-refractivity contribution in [3.8, 4) is 0 Å². The Morgan fingerprint density at radius 2 is 1.95 bits per heavy atom. The molecule has 0 saturated carbocycles. The zero-order valence-electron chi connectivity index (χ0n) is 9.71. The lowest BCUT2D eigenvalue weighted by Gasteiger charge is -2.27. The quantitative estimate of drug-likeness (QED) is 0.611. The lowest BCUT2D eigenvalue weighted by atomic mass is 10.4. The van der Waals surface area contributed by atoms with Crippen LogP contribution in [0.2, 0.25) is 5.28 Å². The second-order valence-electron chi connectivity index (χ2n) is 3.96. The standard InChI is InChI=1S/C10H9Cl2N5O2/c11-10-14-8(16-1-3-19-4-2-16)7-9(15-10)17(12)6(5-18)13-7/h5H,1-4H2. The van der Waals surface area contributed by atoms with Crippen LogP contribution in [-0.4, -0.2) is 51.6 Å². The second-order valence-corrected chi connectivity index (χ2v) is 4.63. The third kappa shape index (κ3) is 2.13. The van der Waals surface area contributed by atoms with Gasteiger partial charge in [0.05, 0.1) is 13.2 Å². The Bertz CT molecular complexity index is 638. The molecule has 0 amide bonds. The molecule has 1 fully saturated rings. The highest BCUT2D eigenvalue weighted by atomic mass is 35.5. The minimum absolute atomic E-state index is 0.0632. The van der Waals surface area contributed by atoms with Gasteiger partial charge in [0.2, 0.25) is 5.28 Å². The third-order valence-corrected chi connectivity index (χ3v) is 3.35. The zero-order valence-corrected chi connectivity index (χ0v) is 11.2. The number of morpholine rings is 1. The molecule has 0 radical (unpaired) electrons. The first kappa shape index (κ1) is 12.6. The Labute approximate surface area is 118 Å². The van der Waals surface area contributed by atoms with Gasteiger partial charge in [-0.2, -0.15) is 9.97 Å². The average Bonchev–Trinajstić information content (AvgIpc) is 2.76. The maximum Gasteiger partial charge on any atom is 0.226 e. The van der Waals surface area contributed by atoms with Crippen LogP contribution in [0.15, 0.2) is 0 Å². The zero-order chi connectivity index (χ0) is 13.4. The Balaban J connectivity index is 2.19. The molecule has 1 aliphatic rings. The number of aldehydes is 1. The fourth-order valence-electron chi connectivity index (χ4n) is 1.98. The van der Waals surface area contributed by atoms with Gasteiger partial charge in [-0.15, -0.1) is 0 Å². The smallest absolute Gasteiger partial charge is 0.226 e. The first-order valence-electron chi connectivity index (χ1n) is 5.60. The molecular formula is C10H9Cl2N5O2. The van der Waals surface area contributed by atoms with Gasteiger partial charge in [0.1, 0.15) is 0 Å². The molecule has 100 valence electrons. The lowest BCUT2D eigenvalue weighted by Crippen LogP contribution is -2.37. The number of aromatic nitrogens is 4. The Kier molecular flexibility index (Phi) is 3.26. The molecule has 19 heavy (non-hydrogen) atoms. The molecule has 1 saturated heterocycles. The van der Waals surface area contributed by atoms with E-state index in [0.717, 1.165) is 4.09 Å². The van der Waals surface area contributed by atoms with Gasteiger partial charge in [-0.1, -0.05) is 0 Å². The Morgan fingerprint density at radius 3 is 2.63 bits per heavy atom. The molecule has 3 rings (SSSR count). The van der Waals surface area contributed by atoms with E-state index in [1.54, 1.807) is 0 Å². The monoisotopic (exact) mass is 301 g/mol. The van der Waals surface area contributed by atoms with Gasteiger partial charge in [0.15, 0.2) is 29.1 Å². The topological polar surface area (TPSA) is 73.1 Å². The SMILES string of the molecule is O=Cc1nc2c(N3CCOCC3)nc(Cl)nc2n1Cl. The van der Waals surface area contributed by atoms with E-state index in [1.807, 2.05) is 4.90 Å². The number of carbonyl (C=O) groups excluding carboxylic acids is 1. The number of ether oxygens (including phenoxy) is 1. The van der Waals surface area contributed by atoms with Gasteiger partial charge < -0.3 is 9.64 Å². The van der Waals surface area contributed by atoms with Crippen LogP contribution >= 0.6 is 23.4 Å². The predicted octanol–water partition coefficient (Wildman–Crippen LogP) is 1.13. The average molecular weight is 302 g/mol. The van der Waals surface area contributed by atoms with E-state index in [1.165, 1.54) is 0 Å². The molecule has 0 bridgehead atoms. The van der Waals surface area contributed by atoms with Gasteiger partial charge in [0, 0.05) is 24.9 Å². The Morgan fingerprint density at radius 1 is 1.21 bits per heavy atom. The molecule has 2 aromatic heterocycles. The summed E-state index contributed by atoms with van der Waals surface area (Å²) < 4.78 is 6.37. The van der Waals surface area contributed by atoms with Crippen molar-refractivity contribution in [2.45, 2.75) is 0 Å². The summed E-state index contributed by atoms with van der Waals surface area (Å²) in [6.45, 7) is 2.55. The molecule has 3 heterocycles. The van der Waals surface area contributed by atoms with Crippen molar-refractivity contribution in [1.82, 2.24) is 19.0 Å². The molecule has 0 spiro atoms. The molecule has 2 aromatic rings. The van der Waals surface area contributed by atoms with Crippen LogP contribution in [0.25, 0.3) is 11.2 Å². The molecule has 0 N–H and O–H groups in total. The molecular weight excluding hydrogens is 293 g/mol. The first-order chi connectivity index (χ1) is 9.20.